The molecule has 0 saturated heterocycles. The van der Waals surface area contributed by atoms with E-state index >= 15 is 0 Å². The maximum atomic E-state index is 12.8. The van der Waals surface area contributed by atoms with Crippen LogP contribution in [-0.2, 0) is 29.5 Å². The number of nitrogens with zero attached hydrogens (tertiary/aromatic N) is 5. The molecular weight excluding hydrogens is 338 g/mol. The fraction of sp³-hybridized carbons (Fsp3) is 0.647. The van der Waals surface area contributed by atoms with Crippen molar-refractivity contribution < 1.29 is 8.42 Å². The summed E-state index contributed by atoms with van der Waals surface area (Å²) in [7, 11) is -1.81. The fourth-order valence-electron chi connectivity index (χ4n) is 3.75. The lowest BCUT2D eigenvalue weighted by Gasteiger charge is -2.27. The lowest BCUT2D eigenvalue weighted by Crippen LogP contribution is -2.35. The Morgan fingerprint density at radius 3 is 2.88 bits per heavy atom. The van der Waals surface area contributed by atoms with Gasteiger partial charge in [-0.2, -0.15) is 5.10 Å². The Labute approximate surface area is 148 Å². The Morgan fingerprint density at radius 1 is 1.28 bits per heavy atom. The first-order valence-electron chi connectivity index (χ1n) is 9.01. The molecule has 4 rings (SSSR count). The van der Waals surface area contributed by atoms with Gasteiger partial charge in [-0.25, -0.2) is 17.7 Å². The predicted octanol–water partition coefficient (Wildman–Crippen LogP) is 1.76. The molecule has 8 heteroatoms. The summed E-state index contributed by atoms with van der Waals surface area (Å²) >= 11 is 0. The quantitative estimate of drug-likeness (QED) is 0.784. The normalized spacial score (nSPS) is 21.3. The molecule has 3 heterocycles. The average Bonchev–Trinajstić information content (AvgIpc) is 3.19. The minimum Gasteiger partial charge on any atom is -0.335 e. The third kappa shape index (κ3) is 3.37. The molecule has 0 bridgehead atoms. The smallest absolute Gasteiger partial charge is 0.245 e. The van der Waals surface area contributed by atoms with Crippen LogP contribution in [0.2, 0.25) is 0 Å². The topological polar surface area (TPSA) is 73.0 Å². The number of hydrogen-bond donors (Lipinski definition) is 0. The van der Waals surface area contributed by atoms with Crippen LogP contribution in [0.3, 0.4) is 0 Å². The largest absolute Gasteiger partial charge is 0.335 e. The number of aryl methyl sites for hydroxylation is 1. The van der Waals surface area contributed by atoms with Crippen LogP contribution in [0.4, 0.5) is 0 Å². The summed E-state index contributed by atoms with van der Waals surface area (Å²) in [6.45, 7) is 2.18. The lowest BCUT2D eigenvalue weighted by molar-refractivity contribution is 0.266. The van der Waals surface area contributed by atoms with Crippen molar-refractivity contribution in [2.75, 3.05) is 13.6 Å². The number of aromatic nitrogens is 4. The second kappa shape index (κ2) is 6.57. The number of imidazole rings is 1. The van der Waals surface area contributed by atoms with Crippen molar-refractivity contribution in [2.24, 2.45) is 11.8 Å². The van der Waals surface area contributed by atoms with Gasteiger partial charge in [0.25, 0.3) is 0 Å². The molecule has 25 heavy (non-hydrogen) atoms. The Morgan fingerprint density at radius 2 is 2.12 bits per heavy atom. The van der Waals surface area contributed by atoms with Crippen LogP contribution in [0.25, 0.3) is 0 Å². The molecule has 1 saturated carbocycles. The first kappa shape index (κ1) is 16.8. The van der Waals surface area contributed by atoms with Crippen molar-refractivity contribution >= 4 is 10.0 Å². The van der Waals surface area contributed by atoms with E-state index in [0.29, 0.717) is 23.3 Å². The van der Waals surface area contributed by atoms with E-state index in [1.807, 2.05) is 12.4 Å². The highest BCUT2D eigenvalue weighted by molar-refractivity contribution is 7.89. The molecule has 2 aromatic rings. The number of hydrogen-bond acceptors (Lipinski definition) is 4. The van der Waals surface area contributed by atoms with Gasteiger partial charge in [0.1, 0.15) is 10.7 Å². The lowest BCUT2D eigenvalue weighted by atomic mass is 9.85. The van der Waals surface area contributed by atoms with Crippen LogP contribution >= 0.6 is 0 Å². The van der Waals surface area contributed by atoms with Gasteiger partial charge in [0.05, 0.1) is 6.20 Å². The summed E-state index contributed by atoms with van der Waals surface area (Å²) in [6, 6.07) is 0. The van der Waals surface area contributed by atoms with Crippen LogP contribution in [0.15, 0.2) is 29.7 Å². The van der Waals surface area contributed by atoms with E-state index in [-0.39, 0.29) is 0 Å². The summed E-state index contributed by atoms with van der Waals surface area (Å²) in [5.74, 6) is 2.06. The van der Waals surface area contributed by atoms with Gasteiger partial charge in [0.2, 0.25) is 10.0 Å². The zero-order chi connectivity index (χ0) is 17.4. The second-order valence-corrected chi connectivity index (χ2v) is 9.43. The van der Waals surface area contributed by atoms with Crippen molar-refractivity contribution in [1.82, 2.24) is 23.6 Å². The molecule has 0 aromatic carbocycles. The number of fused-ring (bicyclic) bond motifs is 1. The van der Waals surface area contributed by atoms with Crippen LogP contribution in [0.5, 0.6) is 0 Å². The van der Waals surface area contributed by atoms with E-state index in [1.165, 1.54) is 29.8 Å². The molecule has 0 spiro atoms. The zero-order valence-corrected chi connectivity index (χ0v) is 15.4. The van der Waals surface area contributed by atoms with Gasteiger partial charge in [-0.05, 0) is 31.1 Å². The highest BCUT2D eigenvalue weighted by Crippen LogP contribution is 2.28. The molecule has 7 nitrogen and oxygen atoms in total. The van der Waals surface area contributed by atoms with E-state index in [4.69, 9.17) is 0 Å². The molecule has 1 fully saturated rings. The van der Waals surface area contributed by atoms with Crippen LogP contribution < -0.4 is 0 Å². The van der Waals surface area contributed by atoms with Crippen LogP contribution in [-0.4, -0.2) is 45.6 Å². The summed E-state index contributed by atoms with van der Waals surface area (Å²) < 4.78 is 31.1. The zero-order valence-electron chi connectivity index (χ0n) is 14.6. The van der Waals surface area contributed by atoms with Gasteiger partial charge >= 0.3 is 0 Å². The summed E-state index contributed by atoms with van der Waals surface area (Å²) in [6.07, 6.45) is 12.6. The van der Waals surface area contributed by atoms with Crippen LogP contribution in [0, 0.1) is 11.8 Å². The molecule has 0 amide bonds. The van der Waals surface area contributed by atoms with Gasteiger partial charge in [-0.3, -0.25) is 4.68 Å². The Hall–Kier alpha value is -1.67. The monoisotopic (exact) mass is 363 g/mol. The fourth-order valence-corrected chi connectivity index (χ4v) is 4.95. The van der Waals surface area contributed by atoms with Crippen molar-refractivity contribution in [2.45, 2.75) is 50.1 Å². The van der Waals surface area contributed by atoms with Crippen molar-refractivity contribution in [1.29, 1.82) is 0 Å². The Balaban J connectivity index is 1.41. The third-order valence-electron chi connectivity index (χ3n) is 5.54. The molecule has 1 aliphatic heterocycles. The number of sulfonamides is 1. The van der Waals surface area contributed by atoms with Crippen molar-refractivity contribution in [3.8, 4) is 0 Å². The van der Waals surface area contributed by atoms with Crippen LogP contribution in [0.1, 0.15) is 31.5 Å². The van der Waals surface area contributed by atoms with Gasteiger partial charge in [0.15, 0.2) is 0 Å². The maximum Gasteiger partial charge on any atom is 0.245 e. The standard InChI is InChI=1S/C17H25N5O2S/c1-20(10-15-5-6-17-18-7-8-21(17)11-15)25(23,24)16-9-19-22(13-16)12-14-3-2-4-14/h7-9,13-15H,2-6,10-12H2,1H3. The SMILES string of the molecule is CN(CC1CCc2nccn2C1)S(=O)(=O)c1cnn(CC2CCC2)c1. The van der Waals surface area contributed by atoms with Gasteiger partial charge < -0.3 is 4.57 Å². The molecule has 2 aliphatic rings. The van der Waals surface area contributed by atoms with Gasteiger partial charge in [-0.1, -0.05) is 6.42 Å². The number of rotatable bonds is 6. The van der Waals surface area contributed by atoms with Crippen molar-refractivity contribution in [3.05, 3.63) is 30.6 Å². The Kier molecular flexibility index (Phi) is 4.41. The molecular formula is C17H25N5O2S. The first-order valence-corrected chi connectivity index (χ1v) is 10.4. The Bertz CT molecular complexity index is 837. The highest BCUT2D eigenvalue weighted by Gasteiger charge is 2.28. The molecule has 136 valence electrons. The molecule has 2 aromatic heterocycles. The van der Waals surface area contributed by atoms with E-state index in [1.54, 1.807) is 17.9 Å². The minimum atomic E-state index is -3.48. The minimum absolute atomic E-state index is 0.299. The average molecular weight is 363 g/mol. The molecule has 1 unspecified atom stereocenters. The molecule has 1 aliphatic carbocycles. The highest BCUT2D eigenvalue weighted by atomic mass is 32.2. The first-order chi connectivity index (χ1) is 12.0. The molecule has 0 N–H and O–H groups in total. The second-order valence-electron chi connectivity index (χ2n) is 7.38. The van der Waals surface area contributed by atoms with E-state index in [2.05, 4.69) is 14.6 Å². The summed E-state index contributed by atoms with van der Waals surface area (Å²) in [5.41, 5.74) is 0. The maximum absolute atomic E-state index is 12.8. The van der Waals surface area contributed by atoms with Crippen molar-refractivity contribution in [3.63, 3.8) is 0 Å². The summed E-state index contributed by atoms with van der Waals surface area (Å²) in [4.78, 5) is 4.62. The van der Waals surface area contributed by atoms with Gasteiger partial charge in [0, 0.05) is 51.7 Å². The van der Waals surface area contributed by atoms with E-state index in [0.717, 1.165) is 31.8 Å². The summed E-state index contributed by atoms with van der Waals surface area (Å²) in [5, 5.41) is 4.25. The molecule has 0 radical (unpaired) electrons. The van der Waals surface area contributed by atoms with E-state index in [9.17, 15) is 8.42 Å². The third-order valence-corrected chi connectivity index (χ3v) is 7.31. The van der Waals surface area contributed by atoms with Gasteiger partial charge in [-0.15, -0.1) is 0 Å². The molecule has 1 atom stereocenters. The predicted molar refractivity (Wildman–Crippen MR) is 93.4 cm³/mol. The van der Waals surface area contributed by atoms with E-state index < -0.39 is 10.0 Å².